The van der Waals surface area contributed by atoms with Crippen LogP contribution in [0.3, 0.4) is 0 Å². The molecule has 0 heterocycles. The number of hydrogen-bond acceptors (Lipinski definition) is 3. The summed E-state index contributed by atoms with van der Waals surface area (Å²) >= 11 is 0. The first-order chi connectivity index (χ1) is 5.38. The molecule has 1 aromatic rings. The van der Waals surface area contributed by atoms with Crippen molar-refractivity contribution in [3.05, 3.63) is 24.3 Å². The number of methoxy groups -OCH3 is 1. The van der Waals surface area contributed by atoms with Crippen molar-refractivity contribution in [3.63, 3.8) is 0 Å². The highest BCUT2D eigenvalue weighted by Gasteiger charge is 2.00. The fourth-order valence-electron chi connectivity index (χ4n) is 0.808. The maximum absolute atomic E-state index is 8.46. The third-order valence-electron chi connectivity index (χ3n) is 1.29. The third-order valence-corrected chi connectivity index (χ3v) is 1.29. The second kappa shape index (κ2) is 3.88. The average Bonchev–Trinajstić information content (AvgIpc) is 2.06. The largest absolute Gasteiger partial charge is 0.536 e. The molecule has 0 saturated heterocycles. The Morgan fingerprint density at radius 2 is 1.91 bits per heavy atom. The smallest absolute Gasteiger partial charge is 0.504 e. The second-order valence-corrected chi connectivity index (χ2v) is 1.92. The summed E-state index contributed by atoms with van der Waals surface area (Å²) in [5.41, 5.74) is 0. The van der Waals surface area contributed by atoms with Crippen LogP contribution < -0.4 is 9.39 Å². The Balaban J connectivity index is 2.83. The Labute approximate surface area is 65.9 Å². The van der Waals surface area contributed by atoms with Gasteiger partial charge in [0.1, 0.15) is 5.75 Å². The normalized spacial score (nSPS) is 8.91. The van der Waals surface area contributed by atoms with Gasteiger partial charge >= 0.3 is 7.69 Å². The van der Waals surface area contributed by atoms with Gasteiger partial charge in [-0.15, -0.1) is 0 Å². The molecule has 4 heteroatoms. The summed E-state index contributed by atoms with van der Waals surface area (Å²) in [5.74, 6) is 1.18. The van der Waals surface area contributed by atoms with Crippen LogP contribution in [-0.4, -0.2) is 19.8 Å². The molecule has 0 spiro atoms. The van der Waals surface area contributed by atoms with E-state index >= 15 is 0 Å². The van der Waals surface area contributed by atoms with Crippen molar-refractivity contribution in [2.45, 2.75) is 0 Å². The van der Waals surface area contributed by atoms with Crippen LogP contribution >= 0.6 is 0 Å². The lowest BCUT2D eigenvalue weighted by Crippen LogP contribution is -2.01. The van der Waals surface area contributed by atoms with E-state index in [1.165, 1.54) is 0 Å². The van der Waals surface area contributed by atoms with Gasteiger partial charge in [0.15, 0.2) is 5.75 Å². The summed E-state index contributed by atoms with van der Waals surface area (Å²) in [7, 11) is 1.22. The summed E-state index contributed by atoms with van der Waals surface area (Å²) in [5, 5.41) is 8.46. The van der Waals surface area contributed by atoms with E-state index in [9.17, 15) is 0 Å². The number of hydrogen-bond donors (Lipinski definition) is 1. The van der Waals surface area contributed by atoms with Crippen molar-refractivity contribution in [2.75, 3.05) is 7.11 Å². The van der Waals surface area contributed by atoms with E-state index in [-0.39, 0.29) is 7.69 Å². The maximum Gasteiger partial charge on any atom is 0.504 e. The molecule has 3 nitrogen and oxygen atoms in total. The summed E-state index contributed by atoms with van der Waals surface area (Å²) in [6.07, 6.45) is 0. The highest BCUT2D eigenvalue weighted by atomic mass is 16.5. The van der Waals surface area contributed by atoms with E-state index < -0.39 is 0 Å². The predicted octanol–water partition coefficient (Wildman–Crippen LogP) is 0.333. The molecule has 0 aromatic heterocycles. The monoisotopic (exact) mass is 152 g/mol. The van der Waals surface area contributed by atoms with E-state index in [1.807, 2.05) is 12.1 Å². The van der Waals surface area contributed by atoms with Crippen LogP contribution in [0.25, 0.3) is 0 Å². The van der Waals surface area contributed by atoms with E-state index in [0.717, 1.165) is 0 Å². The fourth-order valence-corrected chi connectivity index (χ4v) is 0.808. The quantitative estimate of drug-likeness (QED) is 0.634. The Kier molecular flexibility index (Phi) is 2.80. The van der Waals surface area contributed by atoms with Gasteiger partial charge < -0.3 is 14.4 Å². The van der Waals surface area contributed by atoms with Crippen LogP contribution in [0, 0.1) is 0 Å². The molecule has 0 atom stereocenters. The number of para-hydroxylation sites is 2. The molecule has 0 saturated carbocycles. The van der Waals surface area contributed by atoms with Crippen molar-refractivity contribution < 1.29 is 14.4 Å². The van der Waals surface area contributed by atoms with Crippen LogP contribution in [0.5, 0.6) is 11.5 Å². The summed E-state index contributed by atoms with van der Waals surface area (Å²) in [6.45, 7) is 0. The van der Waals surface area contributed by atoms with Gasteiger partial charge in [0.2, 0.25) is 0 Å². The van der Waals surface area contributed by atoms with Crippen molar-refractivity contribution in [2.24, 2.45) is 0 Å². The topological polar surface area (TPSA) is 38.7 Å². The van der Waals surface area contributed by atoms with Crippen LogP contribution in [0.1, 0.15) is 0 Å². The summed E-state index contributed by atoms with van der Waals surface area (Å²) < 4.78 is 9.82. The molecule has 0 aliphatic rings. The van der Waals surface area contributed by atoms with Crippen molar-refractivity contribution in [1.82, 2.24) is 0 Å². The van der Waals surface area contributed by atoms with Gasteiger partial charge in [-0.25, -0.2) is 0 Å². The zero-order valence-corrected chi connectivity index (χ0v) is 6.28. The van der Waals surface area contributed by atoms with Crippen molar-refractivity contribution in [1.29, 1.82) is 0 Å². The summed E-state index contributed by atoms with van der Waals surface area (Å²) in [4.78, 5) is 0. The van der Waals surface area contributed by atoms with E-state index in [0.29, 0.717) is 11.5 Å². The van der Waals surface area contributed by atoms with E-state index in [2.05, 4.69) is 0 Å². The Bertz CT molecular complexity index is 227. The Morgan fingerprint density at radius 1 is 1.27 bits per heavy atom. The van der Waals surface area contributed by atoms with Gasteiger partial charge in [-0.2, -0.15) is 0 Å². The number of rotatable bonds is 3. The molecule has 0 aliphatic carbocycles. The predicted molar refractivity (Wildman–Crippen MR) is 43.0 cm³/mol. The zero-order chi connectivity index (χ0) is 8.10. The van der Waals surface area contributed by atoms with E-state index in [4.69, 9.17) is 14.4 Å². The molecule has 0 amide bonds. The molecule has 1 rings (SSSR count). The van der Waals surface area contributed by atoms with Crippen LogP contribution in [0.15, 0.2) is 24.3 Å². The standard InChI is InChI=1S/C7H9BO3/c1-10-6-4-2-3-5-7(6)11-8-9/h2-5,8-9H,1H3. The molecule has 1 N–H and O–H groups in total. The van der Waals surface area contributed by atoms with Gasteiger partial charge in [0.25, 0.3) is 0 Å². The van der Waals surface area contributed by atoms with Crippen molar-refractivity contribution in [3.8, 4) is 11.5 Å². The minimum atomic E-state index is -0.333. The highest BCUT2D eigenvalue weighted by Crippen LogP contribution is 2.24. The Morgan fingerprint density at radius 3 is 2.45 bits per heavy atom. The molecule has 0 radical (unpaired) electrons. The molecular formula is C7H9BO3. The van der Waals surface area contributed by atoms with Gasteiger partial charge in [-0.1, -0.05) is 12.1 Å². The molecule has 0 fully saturated rings. The molecule has 58 valence electrons. The van der Waals surface area contributed by atoms with Gasteiger partial charge in [-0.3, -0.25) is 0 Å². The second-order valence-electron chi connectivity index (χ2n) is 1.92. The first kappa shape index (κ1) is 7.95. The lowest BCUT2D eigenvalue weighted by molar-refractivity contribution is 0.381. The minimum Gasteiger partial charge on any atom is -0.536 e. The SMILES string of the molecule is COc1ccccc1OBO. The first-order valence-electron chi connectivity index (χ1n) is 3.25. The number of benzene rings is 1. The lowest BCUT2D eigenvalue weighted by Gasteiger charge is -2.06. The maximum atomic E-state index is 8.46. The fraction of sp³-hybridized carbons (Fsp3) is 0.143. The molecular weight excluding hydrogens is 143 g/mol. The third kappa shape index (κ3) is 1.88. The molecule has 1 aromatic carbocycles. The van der Waals surface area contributed by atoms with Crippen molar-refractivity contribution >= 4 is 7.69 Å². The van der Waals surface area contributed by atoms with Gasteiger partial charge in [-0.05, 0) is 12.1 Å². The molecule has 11 heavy (non-hydrogen) atoms. The highest BCUT2D eigenvalue weighted by molar-refractivity contribution is 6.17. The lowest BCUT2D eigenvalue weighted by atomic mass is 10.3. The van der Waals surface area contributed by atoms with Gasteiger partial charge in [0, 0.05) is 0 Å². The van der Waals surface area contributed by atoms with Crippen LogP contribution in [0.4, 0.5) is 0 Å². The van der Waals surface area contributed by atoms with Gasteiger partial charge in [0.05, 0.1) is 7.11 Å². The molecule has 0 unspecified atom stereocenters. The molecule has 0 aliphatic heterocycles. The first-order valence-corrected chi connectivity index (χ1v) is 3.25. The molecule has 0 bridgehead atoms. The van der Waals surface area contributed by atoms with Crippen LogP contribution in [-0.2, 0) is 0 Å². The number of ether oxygens (including phenoxy) is 1. The van der Waals surface area contributed by atoms with E-state index in [1.54, 1.807) is 19.2 Å². The average molecular weight is 152 g/mol. The van der Waals surface area contributed by atoms with Crippen LogP contribution in [0.2, 0.25) is 0 Å². The summed E-state index contributed by atoms with van der Waals surface area (Å²) in [6, 6.07) is 7.15. The zero-order valence-electron chi connectivity index (χ0n) is 6.28. The Hall–Kier alpha value is -1.16. The minimum absolute atomic E-state index is 0.333.